The quantitative estimate of drug-likeness (QED) is 0.647. The van der Waals surface area contributed by atoms with E-state index in [0.717, 1.165) is 6.07 Å². The van der Waals surface area contributed by atoms with E-state index in [9.17, 15) is 14.9 Å². The van der Waals surface area contributed by atoms with Crippen LogP contribution in [-0.2, 0) is 6.54 Å². The summed E-state index contributed by atoms with van der Waals surface area (Å²) in [7, 11) is 0. The number of H-pyrrole nitrogens is 1. The first kappa shape index (κ1) is 13.0. The SMILES string of the molecule is O=C(NCc1ncn[nH]1)c1cc(Cl)cc([N+](=O)[O-])c1. The number of carbonyl (C=O) groups is 1. The number of aromatic nitrogens is 3. The second-order valence-electron chi connectivity index (χ2n) is 3.57. The highest BCUT2D eigenvalue weighted by atomic mass is 35.5. The van der Waals surface area contributed by atoms with Gasteiger partial charge in [-0.05, 0) is 6.07 Å². The molecule has 1 heterocycles. The Balaban J connectivity index is 2.12. The highest BCUT2D eigenvalue weighted by Gasteiger charge is 2.14. The van der Waals surface area contributed by atoms with Gasteiger partial charge in [-0.25, -0.2) is 4.98 Å². The standard InChI is InChI=1S/C10H8ClN5O3/c11-7-1-6(2-8(3-7)16(18)19)10(17)12-4-9-13-5-14-15-9/h1-3,5H,4H2,(H,12,17)(H,13,14,15). The summed E-state index contributed by atoms with van der Waals surface area (Å²) in [5, 5.41) is 19.5. The summed E-state index contributed by atoms with van der Waals surface area (Å²) in [6, 6.07) is 3.68. The van der Waals surface area contributed by atoms with Gasteiger partial charge in [-0.3, -0.25) is 20.0 Å². The molecule has 9 heteroatoms. The van der Waals surface area contributed by atoms with Crippen molar-refractivity contribution in [1.29, 1.82) is 0 Å². The first-order chi connectivity index (χ1) is 9.06. The number of hydrogen-bond donors (Lipinski definition) is 2. The maximum absolute atomic E-state index is 11.8. The summed E-state index contributed by atoms with van der Waals surface area (Å²) in [4.78, 5) is 25.7. The molecule has 2 rings (SSSR count). The molecule has 2 N–H and O–H groups in total. The number of carbonyl (C=O) groups excluding carboxylic acids is 1. The molecule has 0 aliphatic rings. The molecule has 0 saturated carbocycles. The molecule has 1 aromatic carbocycles. The van der Waals surface area contributed by atoms with Crippen LogP contribution in [0.3, 0.4) is 0 Å². The fourth-order valence-electron chi connectivity index (χ4n) is 1.39. The van der Waals surface area contributed by atoms with Crippen LogP contribution in [0.2, 0.25) is 5.02 Å². The van der Waals surface area contributed by atoms with Gasteiger partial charge in [0.1, 0.15) is 12.2 Å². The molecule has 1 amide bonds. The number of nitrogens with zero attached hydrogens (tertiary/aromatic N) is 3. The zero-order valence-corrected chi connectivity index (χ0v) is 10.2. The average molecular weight is 282 g/mol. The van der Waals surface area contributed by atoms with Gasteiger partial charge in [-0.1, -0.05) is 11.6 Å². The van der Waals surface area contributed by atoms with Crippen LogP contribution in [0.5, 0.6) is 0 Å². The first-order valence-corrected chi connectivity index (χ1v) is 5.51. The molecular formula is C10H8ClN5O3. The molecule has 0 unspecified atom stereocenters. The van der Waals surface area contributed by atoms with E-state index in [0.29, 0.717) is 5.82 Å². The molecule has 98 valence electrons. The third-order valence-electron chi connectivity index (χ3n) is 2.24. The lowest BCUT2D eigenvalue weighted by atomic mass is 10.2. The van der Waals surface area contributed by atoms with Crippen LogP contribution in [0.25, 0.3) is 0 Å². The number of amides is 1. The normalized spacial score (nSPS) is 10.2. The number of halogens is 1. The Bertz CT molecular complexity index is 614. The number of nitrogens with one attached hydrogen (secondary N) is 2. The third-order valence-corrected chi connectivity index (χ3v) is 2.46. The maximum Gasteiger partial charge on any atom is 0.271 e. The molecule has 0 bridgehead atoms. The molecule has 2 aromatic rings. The average Bonchev–Trinajstić information content (AvgIpc) is 2.88. The van der Waals surface area contributed by atoms with Gasteiger partial charge >= 0.3 is 0 Å². The molecule has 0 aliphatic heterocycles. The zero-order chi connectivity index (χ0) is 13.8. The lowest BCUT2D eigenvalue weighted by Gasteiger charge is -2.03. The molecular weight excluding hydrogens is 274 g/mol. The number of non-ortho nitro benzene ring substituents is 1. The van der Waals surface area contributed by atoms with Gasteiger partial charge in [0, 0.05) is 22.7 Å². The number of nitro benzene ring substituents is 1. The zero-order valence-electron chi connectivity index (χ0n) is 9.46. The summed E-state index contributed by atoms with van der Waals surface area (Å²) in [6.07, 6.45) is 1.31. The fourth-order valence-corrected chi connectivity index (χ4v) is 1.62. The van der Waals surface area contributed by atoms with Gasteiger partial charge < -0.3 is 5.32 Å². The van der Waals surface area contributed by atoms with Crippen LogP contribution in [-0.4, -0.2) is 26.0 Å². The highest BCUT2D eigenvalue weighted by Crippen LogP contribution is 2.20. The number of benzene rings is 1. The first-order valence-electron chi connectivity index (χ1n) is 5.13. The van der Waals surface area contributed by atoms with Gasteiger partial charge in [0.25, 0.3) is 11.6 Å². The molecule has 0 atom stereocenters. The van der Waals surface area contributed by atoms with Gasteiger partial charge in [0.15, 0.2) is 0 Å². The van der Waals surface area contributed by atoms with E-state index in [1.54, 1.807) is 0 Å². The number of rotatable bonds is 4. The Morgan fingerprint density at radius 2 is 2.26 bits per heavy atom. The largest absolute Gasteiger partial charge is 0.345 e. The minimum Gasteiger partial charge on any atom is -0.345 e. The minimum absolute atomic E-state index is 0.110. The van der Waals surface area contributed by atoms with Gasteiger partial charge in [0.2, 0.25) is 0 Å². The van der Waals surface area contributed by atoms with E-state index in [1.807, 2.05) is 0 Å². The second-order valence-corrected chi connectivity index (χ2v) is 4.01. The lowest BCUT2D eigenvalue weighted by Crippen LogP contribution is -2.23. The lowest BCUT2D eigenvalue weighted by molar-refractivity contribution is -0.384. The van der Waals surface area contributed by atoms with Crippen molar-refractivity contribution in [1.82, 2.24) is 20.5 Å². The number of nitro groups is 1. The molecule has 1 aromatic heterocycles. The molecule has 0 fully saturated rings. The summed E-state index contributed by atoms with van der Waals surface area (Å²) >= 11 is 5.72. The fraction of sp³-hybridized carbons (Fsp3) is 0.100. The topological polar surface area (TPSA) is 114 Å². The summed E-state index contributed by atoms with van der Waals surface area (Å²) in [5.74, 6) is -0.00752. The van der Waals surface area contributed by atoms with Crippen LogP contribution < -0.4 is 5.32 Å². The molecule has 8 nitrogen and oxygen atoms in total. The maximum atomic E-state index is 11.8. The Hall–Kier alpha value is -2.48. The Morgan fingerprint density at radius 1 is 1.47 bits per heavy atom. The van der Waals surface area contributed by atoms with Crippen molar-refractivity contribution in [2.75, 3.05) is 0 Å². The van der Waals surface area contributed by atoms with E-state index < -0.39 is 10.8 Å². The predicted octanol–water partition coefficient (Wildman–Crippen LogP) is 1.30. The van der Waals surface area contributed by atoms with E-state index in [-0.39, 0.29) is 22.8 Å². The van der Waals surface area contributed by atoms with Gasteiger partial charge in [0.05, 0.1) is 11.5 Å². The van der Waals surface area contributed by atoms with Crippen LogP contribution in [0.15, 0.2) is 24.5 Å². The number of hydrogen-bond acceptors (Lipinski definition) is 5. The summed E-state index contributed by atoms with van der Waals surface area (Å²) in [6.45, 7) is 0.138. The smallest absolute Gasteiger partial charge is 0.271 e. The molecule has 0 aliphatic carbocycles. The molecule has 0 radical (unpaired) electrons. The van der Waals surface area contributed by atoms with Crippen molar-refractivity contribution < 1.29 is 9.72 Å². The monoisotopic (exact) mass is 281 g/mol. The van der Waals surface area contributed by atoms with Crippen LogP contribution >= 0.6 is 11.6 Å². The predicted molar refractivity (Wildman–Crippen MR) is 65.7 cm³/mol. The minimum atomic E-state index is -0.612. The van der Waals surface area contributed by atoms with Crippen molar-refractivity contribution in [2.24, 2.45) is 0 Å². The van der Waals surface area contributed by atoms with E-state index >= 15 is 0 Å². The highest BCUT2D eigenvalue weighted by molar-refractivity contribution is 6.31. The van der Waals surface area contributed by atoms with Crippen molar-refractivity contribution >= 4 is 23.2 Å². The number of aromatic amines is 1. The summed E-state index contributed by atoms with van der Waals surface area (Å²) in [5.41, 5.74) is -0.129. The van der Waals surface area contributed by atoms with Crippen molar-refractivity contribution in [3.63, 3.8) is 0 Å². The van der Waals surface area contributed by atoms with Crippen molar-refractivity contribution in [3.05, 3.63) is 51.1 Å². The summed E-state index contributed by atoms with van der Waals surface area (Å²) < 4.78 is 0. The van der Waals surface area contributed by atoms with E-state index in [4.69, 9.17) is 11.6 Å². The van der Waals surface area contributed by atoms with Crippen molar-refractivity contribution in [3.8, 4) is 0 Å². The molecule has 0 spiro atoms. The van der Waals surface area contributed by atoms with E-state index in [2.05, 4.69) is 20.5 Å². The van der Waals surface area contributed by atoms with Crippen LogP contribution in [0.4, 0.5) is 5.69 Å². The third kappa shape index (κ3) is 3.26. The van der Waals surface area contributed by atoms with Crippen LogP contribution in [0.1, 0.15) is 16.2 Å². The molecule has 0 saturated heterocycles. The Kier molecular flexibility index (Phi) is 3.71. The van der Waals surface area contributed by atoms with Gasteiger partial charge in [-0.15, -0.1) is 0 Å². The van der Waals surface area contributed by atoms with Crippen LogP contribution in [0, 0.1) is 10.1 Å². The van der Waals surface area contributed by atoms with Gasteiger partial charge in [-0.2, -0.15) is 5.10 Å². The van der Waals surface area contributed by atoms with E-state index in [1.165, 1.54) is 18.5 Å². The Morgan fingerprint density at radius 3 is 2.89 bits per heavy atom. The molecule has 19 heavy (non-hydrogen) atoms. The van der Waals surface area contributed by atoms with Crippen molar-refractivity contribution in [2.45, 2.75) is 6.54 Å². The second kappa shape index (κ2) is 5.44. The Labute approximate surface area is 112 Å².